The molecule has 0 aliphatic rings. The summed E-state index contributed by atoms with van der Waals surface area (Å²) in [6.45, 7) is 3.54. The van der Waals surface area contributed by atoms with Gasteiger partial charge in [0, 0.05) is 19.0 Å². The van der Waals surface area contributed by atoms with Crippen molar-refractivity contribution in [2.75, 3.05) is 19.7 Å². The predicted molar refractivity (Wildman–Crippen MR) is 181 cm³/mol. The van der Waals surface area contributed by atoms with E-state index in [1.165, 1.54) is 6.92 Å². The van der Waals surface area contributed by atoms with Gasteiger partial charge in [0.2, 0.25) is 0 Å². The van der Waals surface area contributed by atoms with Crippen molar-refractivity contribution >= 4 is 11.9 Å². The van der Waals surface area contributed by atoms with E-state index in [9.17, 15) is 9.59 Å². The van der Waals surface area contributed by atoms with Crippen LogP contribution in [0.4, 0.5) is 0 Å². The summed E-state index contributed by atoms with van der Waals surface area (Å²) >= 11 is 0. The van der Waals surface area contributed by atoms with Gasteiger partial charge in [-0.25, -0.2) is 0 Å². The van der Waals surface area contributed by atoms with Crippen molar-refractivity contribution in [3.8, 4) is 17.2 Å². The highest BCUT2D eigenvalue weighted by atomic mass is 16.5. The van der Waals surface area contributed by atoms with Crippen LogP contribution in [0.2, 0.25) is 0 Å². The topological polar surface area (TPSA) is 74.3 Å². The average Bonchev–Trinajstić information content (AvgIpc) is 3.11. The maximum absolute atomic E-state index is 13.6. The largest absolute Gasteiger partial charge is 0.489 e. The minimum Gasteiger partial charge on any atom is -0.489 e. The molecule has 5 rings (SSSR count). The summed E-state index contributed by atoms with van der Waals surface area (Å²) in [5.41, 5.74) is 4.74. The maximum Gasteiger partial charge on any atom is 0.302 e. The van der Waals surface area contributed by atoms with Crippen molar-refractivity contribution in [3.05, 3.63) is 161 Å². The molecule has 0 heterocycles. The quantitative estimate of drug-likeness (QED) is 0.104. The van der Waals surface area contributed by atoms with Crippen molar-refractivity contribution in [2.45, 2.75) is 33.2 Å². The molecule has 240 valence electrons. The van der Waals surface area contributed by atoms with E-state index in [4.69, 9.17) is 18.9 Å². The Labute approximate surface area is 276 Å². The first-order valence-corrected chi connectivity index (χ1v) is 15.7. The van der Waals surface area contributed by atoms with Gasteiger partial charge in [-0.2, -0.15) is 0 Å². The third-order valence-electron chi connectivity index (χ3n) is 7.42. The SMILES string of the molecule is CC(=O)OCCN(CCc1cccc(OCc2ccccc2)c1)C(=O)c1ccc(OCc2cccc(OCc3ccccc3)c2)cc1. The lowest BCUT2D eigenvalue weighted by atomic mass is 10.1. The third kappa shape index (κ3) is 10.8. The van der Waals surface area contributed by atoms with E-state index < -0.39 is 0 Å². The van der Waals surface area contributed by atoms with Crippen LogP contribution in [0.1, 0.15) is 39.5 Å². The molecule has 0 saturated carbocycles. The normalized spacial score (nSPS) is 10.6. The fourth-order valence-electron chi connectivity index (χ4n) is 4.92. The Morgan fingerprint density at radius 1 is 0.532 bits per heavy atom. The van der Waals surface area contributed by atoms with Crippen LogP contribution in [0.3, 0.4) is 0 Å². The molecule has 0 N–H and O–H groups in total. The molecule has 7 heteroatoms. The second-order valence-electron chi connectivity index (χ2n) is 11.0. The number of benzene rings is 5. The molecule has 0 fully saturated rings. The van der Waals surface area contributed by atoms with E-state index in [0.29, 0.717) is 44.1 Å². The van der Waals surface area contributed by atoms with Gasteiger partial charge in [0.25, 0.3) is 5.91 Å². The Morgan fingerprint density at radius 2 is 1.04 bits per heavy atom. The number of carbonyl (C=O) groups is 2. The highest BCUT2D eigenvalue weighted by Gasteiger charge is 2.17. The molecule has 0 aliphatic carbocycles. The Kier molecular flexibility index (Phi) is 12.0. The summed E-state index contributed by atoms with van der Waals surface area (Å²) < 4.78 is 23.1. The Morgan fingerprint density at radius 3 is 1.64 bits per heavy atom. The number of esters is 1. The Hall–Kier alpha value is -5.56. The fraction of sp³-hybridized carbons (Fsp3) is 0.200. The molecule has 1 amide bonds. The number of hydrogen-bond donors (Lipinski definition) is 0. The standard InChI is InChI=1S/C40H39NO6/c1-31(42)44-25-24-41(23-22-32-14-8-16-38(26-32)46-28-33-10-4-2-5-11-33)40(43)36-18-20-37(21-19-36)45-30-35-15-9-17-39(27-35)47-29-34-12-6-3-7-13-34/h2-21,26-27H,22-25,28-30H2,1H3. The molecular formula is C40H39NO6. The molecule has 0 spiro atoms. The molecule has 0 saturated heterocycles. The summed E-state index contributed by atoms with van der Waals surface area (Å²) in [6.07, 6.45) is 0.615. The molecule has 0 aliphatic heterocycles. The molecule has 5 aromatic carbocycles. The zero-order valence-corrected chi connectivity index (χ0v) is 26.5. The minimum absolute atomic E-state index is 0.122. The van der Waals surface area contributed by atoms with Crippen LogP contribution >= 0.6 is 0 Å². The summed E-state index contributed by atoms with van der Waals surface area (Å²) in [5.74, 6) is 1.66. The van der Waals surface area contributed by atoms with E-state index >= 15 is 0 Å². The summed E-state index contributed by atoms with van der Waals surface area (Å²) in [7, 11) is 0. The number of nitrogens with zero attached hydrogens (tertiary/aromatic N) is 1. The molecule has 47 heavy (non-hydrogen) atoms. The van der Waals surface area contributed by atoms with E-state index in [1.807, 2.05) is 109 Å². The van der Waals surface area contributed by atoms with Crippen LogP contribution in [-0.4, -0.2) is 36.5 Å². The van der Waals surface area contributed by atoms with Crippen molar-refractivity contribution in [2.24, 2.45) is 0 Å². The first kappa shape index (κ1) is 32.8. The zero-order chi connectivity index (χ0) is 32.7. The highest BCUT2D eigenvalue weighted by Crippen LogP contribution is 2.20. The van der Waals surface area contributed by atoms with Gasteiger partial charge < -0.3 is 23.8 Å². The third-order valence-corrected chi connectivity index (χ3v) is 7.42. The lowest BCUT2D eigenvalue weighted by molar-refractivity contribution is -0.141. The molecule has 5 aromatic rings. The van der Waals surface area contributed by atoms with Crippen molar-refractivity contribution in [1.82, 2.24) is 4.90 Å². The van der Waals surface area contributed by atoms with Crippen LogP contribution in [0.15, 0.2) is 133 Å². The van der Waals surface area contributed by atoms with Crippen molar-refractivity contribution in [1.29, 1.82) is 0 Å². The van der Waals surface area contributed by atoms with Gasteiger partial charge >= 0.3 is 5.97 Å². The summed E-state index contributed by atoms with van der Waals surface area (Å²) in [5, 5.41) is 0. The molecule has 7 nitrogen and oxygen atoms in total. The minimum atomic E-state index is -0.379. The van der Waals surface area contributed by atoms with Crippen LogP contribution < -0.4 is 14.2 Å². The second-order valence-corrected chi connectivity index (χ2v) is 11.0. The van der Waals surface area contributed by atoms with E-state index in [0.717, 1.165) is 33.8 Å². The number of hydrogen-bond acceptors (Lipinski definition) is 6. The van der Waals surface area contributed by atoms with Crippen LogP contribution in [-0.2, 0) is 35.8 Å². The first-order chi connectivity index (χ1) is 23.0. The molecule has 0 aromatic heterocycles. The van der Waals surface area contributed by atoms with Crippen molar-refractivity contribution < 1.29 is 28.5 Å². The Balaban J connectivity index is 1.16. The first-order valence-electron chi connectivity index (χ1n) is 15.7. The molecule has 0 atom stereocenters. The predicted octanol–water partition coefficient (Wildman–Crippen LogP) is 7.67. The van der Waals surface area contributed by atoms with Gasteiger partial charge in [-0.05, 0) is 77.2 Å². The fourth-order valence-corrected chi connectivity index (χ4v) is 4.92. The van der Waals surface area contributed by atoms with Gasteiger partial charge in [0.1, 0.15) is 43.7 Å². The zero-order valence-electron chi connectivity index (χ0n) is 26.5. The number of rotatable bonds is 16. The van der Waals surface area contributed by atoms with Gasteiger partial charge in [-0.15, -0.1) is 0 Å². The summed E-state index contributed by atoms with van der Waals surface area (Å²) in [4.78, 5) is 26.7. The smallest absolute Gasteiger partial charge is 0.302 e. The lowest BCUT2D eigenvalue weighted by Gasteiger charge is -2.23. The molecule has 0 radical (unpaired) electrons. The second kappa shape index (κ2) is 17.2. The van der Waals surface area contributed by atoms with Gasteiger partial charge in [0.15, 0.2) is 0 Å². The average molecular weight is 630 g/mol. The summed E-state index contributed by atoms with van der Waals surface area (Å²) in [6, 6.07) is 42.8. The molecule has 0 unspecified atom stereocenters. The van der Waals surface area contributed by atoms with Gasteiger partial charge in [0.05, 0.1) is 6.54 Å². The van der Waals surface area contributed by atoms with E-state index in [2.05, 4.69) is 0 Å². The van der Waals surface area contributed by atoms with Gasteiger partial charge in [-0.1, -0.05) is 84.9 Å². The van der Waals surface area contributed by atoms with Crippen molar-refractivity contribution in [3.63, 3.8) is 0 Å². The highest BCUT2D eigenvalue weighted by molar-refractivity contribution is 5.94. The number of carbonyl (C=O) groups excluding carboxylic acids is 2. The van der Waals surface area contributed by atoms with E-state index in [-0.39, 0.29) is 25.0 Å². The maximum atomic E-state index is 13.6. The van der Waals surface area contributed by atoms with Crippen LogP contribution in [0.25, 0.3) is 0 Å². The van der Waals surface area contributed by atoms with Gasteiger partial charge in [-0.3, -0.25) is 9.59 Å². The van der Waals surface area contributed by atoms with Crippen LogP contribution in [0, 0.1) is 0 Å². The molecular weight excluding hydrogens is 590 g/mol. The number of amides is 1. The number of ether oxygens (including phenoxy) is 4. The lowest BCUT2D eigenvalue weighted by Crippen LogP contribution is -2.36. The monoisotopic (exact) mass is 629 g/mol. The Bertz CT molecular complexity index is 1710. The van der Waals surface area contributed by atoms with E-state index in [1.54, 1.807) is 29.2 Å². The molecule has 0 bridgehead atoms. The van der Waals surface area contributed by atoms with Crippen LogP contribution in [0.5, 0.6) is 17.2 Å².